The Bertz CT molecular complexity index is 1930. The standard InChI is InChI=1S/C31H24FN3O3S/c1-3-38-30(37)26-27(19-9-5-4-6-10-19)33-31-35(28(26)20-13-15-22(32)16-14-20)29(36)25(39-31)17-21-18-34(2)24-12-8-7-11-23(21)24/h4-18,28H,3H2,1-2H3/b25-17+/t28-/m0/s1. The van der Waals surface area contributed by atoms with E-state index < -0.39 is 17.8 Å². The van der Waals surface area contributed by atoms with Gasteiger partial charge in [0.05, 0.1) is 28.5 Å². The molecule has 39 heavy (non-hydrogen) atoms. The molecule has 6 rings (SSSR count). The van der Waals surface area contributed by atoms with Gasteiger partial charge in [-0.3, -0.25) is 9.36 Å². The molecule has 6 nitrogen and oxygen atoms in total. The van der Waals surface area contributed by atoms with Crippen LogP contribution in [-0.2, 0) is 16.6 Å². The van der Waals surface area contributed by atoms with Crippen LogP contribution < -0.4 is 14.9 Å². The zero-order chi connectivity index (χ0) is 27.1. The van der Waals surface area contributed by atoms with Crippen LogP contribution in [0.4, 0.5) is 4.39 Å². The molecule has 3 heterocycles. The number of rotatable bonds is 5. The highest BCUT2D eigenvalue weighted by atomic mass is 32.1. The second kappa shape index (κ2) is 9.96. The monoisotopic (exact) mass is 537 g/mol. The number of carbonyl (C=O) groups excluding carboxylic acids is 1. The minimum Gasteiger partial charge on any atom is -0.463 e. The van der Waals surface area contributed by atoms with Gasteiger partial charge >= 0.3 is 5.97 Å². The molecule has 0 fully saturated rings. The number of fused-ring (bicyclic) bond motifs is 2. The number of ether oxygens (including phenoxy) is 1. The van der Waals surface area contributed by atoms with Crippen LogP contribution in [0.3, 0.4) is 0 Å². The maximum absolute atomic E-state index is 14.0. The van der Waals surface area contributed by atoms with Crippen molar-refractivity contribution in [1.29, 1.82) is 0 Å². The van der Waals surface area contributed by atoms with E-state index in [-0.39, 0.29) is 17.7 Å². The largest absolute Gasteiger partial charge is 0.463 e. The van der Waals surface area contributed by atoms with Crippen molar-refractivity contribution in [3.63, 3.8) is 0 Å². The summed E-state index contributed by atoms with van der Waals surface area (Å²) in [6.07, 6.45) is 3.85. The number of hydrogen-bond acceptors (Lipinski definition) is 5. The van der Waals surface area contributed by atoms with Gasteiger partial charge in [0.2, 0.25) is 0 Å². The summed E-state index contributed by atoms with van der Waals surface area (Å²) in [5, 5.41) is 1.03. The van der Waals surface area contributed by atoms with Crippen molar-refractivity contribution in [2.24, 2.45) is 12.0 Å². The van der Waals surface area contributed by atoms with E-state index >= 15 is 0 Å². The number of aryl methyl sites for hydroxylation is 1. The van der Waals surface area contributed by atoms with Gasteiger partial charge in [0.1, 0.15) is 5.82 Å². The van der Waals surface area contributed by atoms with E-state index in [1.54, 1.807) is 19.1 Å². The predicted molar refractivity (Wildman–Crippen MR) is 150 cm³/mol. The summed E-state index contributed by atoms with van der Waals surface area (Å²) in [6.45, 7) is 1.89. The van der Waals surface area contributed by atoms with Gasteiger partial charge in [0.25, 0.3) is 5.56 Å². The summed E-state index contributed by atoms with van der Waals surface area (Å²) in [6, 6.07) is 22.3. The predicted octanol–water partition coefficient (Wildman–Crippen LogP) is 4.57. The zero-order valence-electron chi connectivity index (χ0n) is 21.3. The van der Waals surface area contributed by atoms with Crippen LogP contribution >= 0.6 is 11.3 Å². The number of halogens is 1. The molecule has 0 saturated carbocycles. The molecule has 3 aromatic carbocycles. The fraction of sp³-hybridized carbons (Fsp3) is 0.129. The van der Waals surface area contributed by atoms with E-state index in [1.807, 2.05) is 78.5 Å². The highest BCUT2D eigenvalue weighted by molar-refractivity contribution is 7.07. The van der Waals surface area contributed by atoms with E-state index in [4.69, 9.17) is 9.73 Å². The van der Waals surface area contributed by atoms with Gasteiger partial charge in [-0.1, -0.05) is 72.0 Å². The third kappa shape index (κ3) is 4.32. The number of para-hydroxylation sites is 1. The molecular formula is C31H24FN3O3S. The Hall–Kier alpha value is -4.56. The quantitative estimate of drug-likeness (QED) is 0.309. The first kappa shape index (κ1) is 24.8. The number of esters is 1. The van der Waals surface area contributed by atoms with Crippen LogP contribution in [0, 0.1) is 5.82 Å². The molecular weight excluding hydrogens is 513 g/mol. The fourth-order valence-corrected chi connectivity index (χ4v) is 6.02. The molecule has 0 saturated heterocycles. The summed E-state index contributed by atoms with van der Waals surface area (Å²) in [5.74, 6) is -0.982. The topological polar surface area (TPSA) is 65.6 Å². The molecule has 0 N–H and O–H groups in total. The molecule has 0 bridgehead atoms. The van der Waals surface area contributed by atoms with Crippen molar-refractivity contribution in [3.8, 4) is 0 Å². The minimum absolute atomic E-state index is 0.159. The molecule has 5 aromatic rings. The second-order valence-electron chi connectivity index (χ2n) is 9.20. The Labute approximate surface area is 227 Å². The Morgan fingerprint density at radius 2 is 1.77 bits per heavy atom. The van der Waals surface area contributed by atoms with Crippen LogP contribution in [0.25, 0.3) is 22.7 Å². The number of thiazole rings is 1. The van der Waals surface area contributed by atoms with Crippen molar-refractivity contribution in [2.75, 3.05) is 6.61 Å². The molecule has 1 aliphatic rings. The lowest BCUT2D eigenvalue weighted by atomic mass is 9.93. The Balaban J connectivity index is 1.66. The molecule has 8 heteroatoms. The molecule has 0 amide bonds. The zero-order valence-corrected chi connectivity index (χ0v) is 22.1. The Kier molecular flexibility index (Phi) is 6.32. The first-order valence-corrected chi connectivity index (χ1v) is 13.4. The van der Waals surface area contributed by atoms with Crippen molar-refractivity contribution in [2.45, 2.75) is 13.0 Å². The molecule has 2 aromatic heterocycles. The molecule has 1 aliphatic heterocycles. The van der Waals surface area contributed by atoms with Crippen LogP contribution in [0.5, 0.6) is 0 Å². The molecule has 194 valence electrons. The van der Waals surface area contributed by atoms with E-state index in [1.165, 1.54) is 28.0 Å². The molecule has 0 aliphatic carbocycles. The van der Waals surface area contributed by atoms with Crippen LogP contribution in [0.2, 0.25) is 0 Å². The maximum Gasteiger partial charge on any atom is 0.338 e. The summed E-state index contributed by atoms with van der Waals surface area (Å²) < 4.78 is 23.4. The van der Waals surface area contributed by atoms with Crippen LogP contribution in [0.1, 0.15) is 29.7 Å². The highest BCUT2D eigenvalue weighted by Crippen LogP contribution is 2.35. The van der Waals surface area contributed by atoms with Crippen LogP contribution in [0.15, 0.2) is 100 Å². The summed E-state index contributed by atoms with van der Waals surface area (Å²) in [4.78, 5) is 32.8. The normalized spacial score (nSPS) is 15.4. The fourth-order valence-electron chi connectivity index (χ4n) is 5.03. The number of nitrogens with zero attached hydrogens (tertiary/aromatic N) is 3. The summed E-state index contributed by atoms with van der Waals surface area (Å²) in [7, 11) is 1.97. The van der Waals surface area contributed by atoms with Gasteiger partial charge in [-0.15, -0.1) is 0 Å². The van der Waals surface area contributed by atoms with Gasteiger partial charge in [-0.2, -0.15) is 0 Å². The molecule has 1 atom stereocenters. The smallest absolute Gasteiger partial charge is 0.338 e. The van der Waals surface area contributed by atoms with E-state index in [2.05, 4.69) is 0 Å². The minimum atomic E-state index is -0.842. The number of benzene rings is 3. The summed E-state index contributed by atoms with van der Waals surface area (Å²) in [5.41, 5.74) is 3.65. The third-order valence-electron chi connectivity index (χ3n) is 6.77. The number of hydrogen-bond donors (Lipinski definition) is 0. The lowest BCUT2D eigenvalue weighted by Crippen LogP contribution is -2.40. The molecule has 0 unspecified atom stereocenters. The second-order valence-corrected chi connectivity index (χ2v) is 10.2. The van der Waals surface area contributed by atoms with Gasteiger partial charge in [0, 0.05) is 35.3 Å². The Morgan fingerprint density at radius 1 is 1.05 bits per heavy atom. The molecule has 0 spiro atoms. The lowest BCUT2D eigenvalue weighted by molar-refractivity contribution is -0.138. The van der Waals surface area contributed by atoms with Gasteiger partial charge in [-0.25, -0.2) is 14.2 Å². The van der Waals surface area contributed by atoms with Crippen molar-refractivity contribution >= 4 is 40.0 Å². The average Bonchev–Trinajstić information content (AvgIpc) is 3.44. The number of carbonyl (C=O) groups is 1. The highest BCUT2D eigenvalue weighted by Gasteiger charge is 2.35. The van der Waals surface area contributed by atoms with Crippen molar-refractivity contribution in [3.05, 3.63) is 133 Å². The average molecular weight is 538 g/mol. The maximum atomic E-state index is 14.0. The van der Waals surface area contributed by atoms with E-state index in [0.29, 0.717) is 20.6 Å². The third-order valence-corrected chi connectivity index (χ3v) is 7.76. The van der Waals surface area contributed by atoms with Gasteiger partial charge in [0.15, 0.2) is 4.80 Å². The Morgan fingerprint density at radius 3 is 2.51 bits per heavy atom. The van der Waals surface area contributed by atoms with E-state index in [0.717, 1.165) is 22.0 Å². The van der Waals surface area contributed by atoms with Crippen LogP contribution in [-0.4, -0.2) is 21.7 Å². The SMILES string of the molecule is CCOC(=O)C1=C(c2ccccc2)N=c2s/c(=C/c3cn(C)c4ccccc34)c(=O)n2[C@H]1c1ccc(F)cc1. The first-order chi connectivity index (χ1) is 19.0. The molecule has 0 radical (unpaired) electrons. The summed E-state index contributed by atoms with van der Waals surface area (Å²) >= 11 is 1.26. The first-order valence-electron chi connectivity index (χ1n) is 12.5. The van der Waals surface area contributed by atoms with Crippen molar-refractivity contribution < 1.29 is 13.9 Å². The number of aromatic nitrogens is 2. The van der Waals surface area contributed by atoms with Crippen molar-refractivity contribution in [1.82, 2.24) is 9.13 Å². The lowest BCUT2D eigenvalue weighted by Gasteiger charge is -2.25. The van der Waals surface area contributed by atoms with Gasteiger partial charge in [-0.05, 0) is 36.8 Å². The van der Waals surface area contributed by atoms with Gasteiger partial charge < -0.3 is 9.30 Å². The van der Waals surface area contributed by atoms with E-state index in [9.17, 15) is 14.0 Å².